The van der Waals surface area contributed by atoms with Crippen LogP contribution >= 0.6 is 11.8 Å². The van der Waals surface area contributed by atoms with E-state index >= 15 is 0 Å². The van der Waals surface area contributed by atoms with Crippen molar-refractivity contribution in [3.63, 3.8) is 0 Å². The van der Waals surface area contributed by atoms with Gasteiger partial charge in [0.25, 0.3) is 5.91 Å². The number of carbonyl (C=O) groups is 1. The van der Waals surface area contributed by atoms with E-state index in [4.69, 9.17) is 0 Å². The van der Waals surface area contributed by atoms with Crippen molar-refractivity contribution in [1.82, 2.24) is 9.58 Å². The third-order valence-corrected chi connectivity index (χ3v) is 7.99. The Hall–Kier alpha value is -3.60. The van der Waals surface area contributed by atoms with E-state index in [9.17, 15) is 27.9 Å². The lowest BCUT2D eigenvalue weighted by Crippen LogP contribution is -2.60. The number of carbonyl (C=O) groups excluding carboxylic acids is 1. The molecule has 0 saturated heterocycles. The van der Waals surface area contributed by atoms with Crippen molar-refractivity contribution in [2.24, 2.45) is 0 Å². The summed E-state index contributed by atoms with van der Waals surface area (Å²) in [5.74, 6) is -1.30. The Morgan fingerprint density at radius 3 is 2.51 bits per heavy atom. The Labute approximate surface area is 215 Å². The van der Waals surface area contributed by atoms with Crippen LogP contribution in [0.2, 0.25) is 0 Å². The van der Waals surface area contributed by atoms with Gasteiger partial charge in [0.15, 0.2) is 11.4 Å². The molecule has 11 heteroatoms. The van der Waals surface area contributed by atoms with Gasteiger partial charge >= 0.3 is 6.18 Å². The molecule has 2 aliphatic heterocycles. The lowest BCUT2D eigenvalue weighted by Gasteiger charge is -2.46. The normalized spacial score (nSPS) is 18.0. The maximum Gasteiger partial charge on any atom is 0.408 e. The molecule has 0 bridgehead atoms. The van der Waals surface area contributed by atoms with Crippen molar-refractivity contribution in [1.29, 1.82) is 0 Å². The molecule has 0 radical (unpaired) electrons. The number of hydrogen-bond acceptors (Lipinski definition) is 6. The second-order valence-corrected chi connectivity index (χ2v) is 10.3. The van der Waals surface area contributed by atoms with Gasteiger partial charge in [0.2, 0.25) is 5.43 Å². The van der Waals surface area contributed by atoms with Gasteiger partial charge in [0.1, 0.15) is 18.8 Å². The Morgan fingerprint density at radius 1 is 1.08 bits per heavy atom. The standard InChI is InChI=1S/C26H25F3N4O3S/c1-15(26(27,28)29)31-14-33(32-12-11-19(34)24(35)23(32)25(31)36)22-17-8-4-5-10-20(17)37-13-16-7-6-9-18(21(16)22)30(2)3/h4-12,15,22,35H,13-14H2,1-3H3/t15-,22-/m1/s1. The van der Waals surface area contributed by atoms with E-state index < -0.39 is 47.7 Å². The van der Waals surface area contributed by atoms with Crippen molar-refractivity contribution in [3.8, 4) is 5.75 Å². The third-order valence-electron chi connectivity index (χ3n) is 6.86. The first-order valence-corrected chi connectivity index (χ1v) is 12.6. The molecule has 0 spiro atoms. The number of hydrogen-bond donors (Lipinski definition) is 1. The molecule has 1 amide bonds. The van der Waals surface area contributed by atoms with Crippen LogP contribution in [0.3, 0.4) is 0 Å². The Morgan fingerprint density at radius 2 is 1.81 bits per heavy atom. The van der Waals surface area contributed by atoms with E-state index in [0.29, 0.717) is 10.7 Å². The molecule has 0 fully saturated rings. The summed E-state index contributed by atoms with van der Waals surface area (Å²) >= 11 is 1.62. The van der Waals surface area contributed by atoms with Crippen molar-refractivity contribution in [2.75, 3.05) is 30.7 Å². The Bertz CT molecular complexity index is 1440. The zero-order chi connectivity index (χ0) is 26.6. The van der Waals surface area contributed by atoms with Crippen molar-refractivity contribution in [3.05, 3.63) is 87.3 Å². The molecule has 2 aromatic carbocycles. The topological polar surface area (TPSA) is 69.0 Å². The number of anilines is 1. The van der Waals surface area contributed by atoms with E-state index in [1.165, 1.54) is 10.9 Å². The first-order valence-electron chi connectivity index (χ1n) is 11.6. The molecule has 3 aromatic rings. The van der Waals surface area contributed by atoms with Gasteiger partial charge in [-0.3, -0.25) is 19.3 Å². The predicted molar refractivity (Wildman–Crippen MR) is 136 cm³/mol. The number of aromatic nitrogens is 1. The summed E-state index contributed by atoms with van der Waals surface area (Å²) < 4.78 is 43.0. The van der Waals surface area contributed by atoms with Crippen molar-refractivity contribution >= 4 is 23.4 Å². The average molecular weight is 531 g/mol. The van der Waals surface area contributed by atoms with Crippen LogP contribution in [-0.2, 0) is 5.75 Å². The molecular weight excluding hydrogens is 505 g/mol. The second-order valence-electron chi connectivity index (χ2n) is 9.27. The maximum atomic E-state index is 13.9. The van der Waals surface area contributed by atoms with Gasteiger partial charge in [0.05, 0.1) is 0 Å². The fourth-order valence-electron chi connectivity index (χ4n) is 4.93. The Kier molecular flexibility index (Phi) is 6.13. The number of fused-ring (bicyclic) bond motifs is 3. The van der Waals surface area contributed by atoms with Crippen LogP contribution in [0.4, 0.5) is 18.9 Å². The summed E-state index contributed by atoms with van der Waals surface area (Å²) in [5.41, 5.74) is 2.26. The largest absolute Gasteiger partial charge is 0.502 e. The zero-order valence-corrected chi connectivity index (χ0v) is 21.2. The maximum absolute atomic E-state index is 13.9. The van der Waals surface area contributed by atoms with Gasteiger partial charge in [-0.2, -0.15) is 13.2 Å². The minimum atomic E-state index is -4.71. The van der Waals surface area contributed by atoms with Crippen LogP contribution in [0, 0.1) is 0 Å². The number of amides is 1. The highest BCUT2D eigenvalue weighted by molar-refractivity contribution is 7.98. The smallest absolute Gasteiger partial charge is 0.408 e. The molecule has 3 heterocycles. The number of benzene rings is 2. The highest BCUT2D eigenvalue weighted by Crippen LogP contribution is 2.46. The minimum Gasteiger partial charge on any atom is -0.502 e. The molecule has 2 atom stereocenters. The molecule has 0 aliphatic carbocycles. The molecular formula is C26H25F3N4O3S. The molecule has 37 heavy (non-hydrogen) atoms. The van der Waals surface area contributed by atoms with Crippen molar-refractivity contribution in [2.45, 2.75) is 35.8 Å². The van der Waals surface area contributed by atoms with Crippen LogP contribution in [0.25, 0.3) is 0 Å². The molecule has 0 unspecified atom stereocenters. The van der Waals surface area contributed by atoms with Gasteiger partial charge in [-0.25, -0.2) is 0 Å². The van der Waals surface area contributed by atoms with E-state index in [1.54, 1.807) is 16.8 Å². The number of alkyl halides is 3. The molecule has 1 aromatic heterocycles. The summed E-state index contributed by atoms with van der Waals surface area (Å²) in [5, 5.41) is 12.2. The summed E-state index contributed by atoms with van der Waals surface area (Å²) in [6, 6.07) is 11.9. The molecule has 2 aliphatic rings. The van der Waals surface area contributed by atoms with Crippen LogP contribution in [0.1, 0.15) is 40.1 Å². The van der Waals surface area contributed by atoms with Crippen LogP contribution in [0.15, 0.2) is 64.4 Å². The van der Waals surface area contributed by atoms with Gasteiger partial charge < -0.3 is 14.9 Å². The quantitative estimate of drug-likeness (QED) is 0.544. The molecule has 1 N–H and O–H groups in total. The molecule has 7 nitrogen and oxygen atoms in total. The second kappa shape index (κ2) is 9.05. The predicted octanol–water partition coefficient (Wildman–Crippen LogP) is 4.32. The lowest BCUT2D eigenvalue weighted by molar-refractivity contribution is -0.173. The number of rotatable bonds is 3. The summed E-state index contributed by atoms with van der Waals surface area (Å²) in [6.07, 6.45) is -3.37. The van der Waals surface area contributed by atoms with E-state index in [0.717, 1.165) is 40.3 Å². The van der Waals surface area contributed by atoms with Gasteiger partial charge in [-0.05, 0) is 30.2 Å². The molecule has 194 valence electrons. The Balaban J connectivity index is 1.82. The number of pyridine rings is 1. The van der Waals surface area contributed by atoms with Crippen molar-refractivity contribution < 1.29 is 23.1 Å². The van der Waals surface area contributed by atoms with Gasteiger partial charge in [-0.15, -0.1) is 11.8 Å². The SMILES string of the molecule is C[C@@H](N1CN([C@@H]2c3ccccc3SCc3cccc(N(C)C)c32)n2ccc(=O)c(O)c2C1=O)C(F)(F)F. The fraction of sp³-hybridized carbons (Fsp3) is 0.308. The summed E-state index contributed by atoms with van der Waals surface area (Å²) in [4.78, 5) is 29.2. The summed E-state index contributed by atoms with van der Waals surface area (Å²) in [6.45, 7) is 0.486. The van der Waals surface area contributed by atoms with E-state index in [2.05, 4.69) is 0 Å². The van der Waals surface area contributed by atoms with Gasteiger partial charge in [0, 0.05) is 48.3 Å². The first kappa shape index (κ1) is 25.1. The highest BCUT2D eigenvalue weighted by atomic mass is 32.2. The van der Waals surface area contributed by atoms with Crippen LogP contribution in [-0.4, -0.2) is 53.6 Å². The number of thioether (sulfide) groups is 1. The van der Waals surface area contributed by atoms with Crippen LogP contribution in [0.5, 0.6) is 5.75 Å². The lowest BCUT2D eigenvalue weighted by atomic mass is 9.92. The number of aromatic hydroxyl groups is 1. The van der Waals surface area contributed by atoms with E-state index in [-0.39, 0.29) is 0 Å². The monoisotopic (exact) mass is 530 g/mol. The third kappa shape index (κ3) is 4.11. The van der Waals surface area contributed by atoms with E-state index in [1.807, 2.05) is 61.5 Å². The fourth-order valence-corrected chi connectivity index (χ4v) is 6.01. The summed E-state index contributed by atoms with van der Waals surface area (Å²) in [7, 11) is 3.79. The molecule has 0 saturated carbocycles. The molecule has 5 rings (SSSR count). The highest BCUT2D eigenvalue weighted by Gasteiger charge is 2.47. The first-order chi connectivity index (χ1) is 17.5. The van der Waals surface area contributed by atoms with Crippen LogP contribution < -0.4 is 15.3 Å². The average Bonchev–Trinajstić information content (AvgIpc) is 3.02. The number of nitrogens with zero attached hydrogens (tertiary/aromatic N) is 4. The minimum absolute atomic E-state index is 0.417. The number of halogens is 3. The van der Waals surface area contributed by atoms with Gasteiger partial charge in [-0.1, -0.05) is 30.3 Å². The zero-order valence-electron chi connectivity index (χ0n) is 20.4.